The number of hydrogen-bond donors (Lipinski definition) is 2. The van der Waals surface area contributed by atoms with E-state index in [0.717, 1.165) is 29.5 Å². The van der Waals surface area contributed by atoms with Crippen LogP contribution in [0.15, 0.2) is 6.07 Å². The predicted octanol–water partition coefficient (Wildman–Crippen LogP) is 2.16. The maximum Gasteiger partial charge on any atom is 0.249 e. The van der Waals surface area contributed by atoms with E-state index in [2.05, 4.69) is 11.8 Å². The van der Waals surface area contributed by atoms with Crippen LogP contribution in [0.25, 0.3) is 0 Å². The van der Waals surface area contributed by atoms with E-state index in [1.165, 1.54) is 6.07 Å². The van der Waals surface area contributed by atoms with Gasteiger partial charge in [-0.2, -0.15) is 0 Å². The Kier molecular flexibility index (Phi) is 5.98. The van der Waals surface area contributed by atoms with Gasteiger partial charge in [0, 0.05) is 16.7 Å². The second-order valence-electron chi connectivity index (χ2n) is 4.91. The molecule has 0 bridgehead atoms. The van der Waals surface area contributed by atoms with E-state index in [-0.39, 0.29) is 0 Å². The van der Waals surface area contributed by atoms with Gasteiger partial charge in [-0.3, -0.25) is 9.59 Å². The number of amides is 2. The maximum absolute atomic E-state index is 11.7. The molecule has 0 unspecified atom stereocenters. The van der Waals surface area contributed by atoms with Crippen molar-refractivity contribution in [2.45, 2.75) is 46.5 Å². The molecule has 0 fully saturated rings. The highest BCUT2D eigenvalue weighted by Gasteiger charge is 2.21. The van der Waals surface area contributed by atoms with Crippen LogP contribution < -0.4 is 11.5 Å². The number of carbonyl (C=O) groups excluding carboxylic acids is 2. The van der Waals surface area contributed by atoms with Crippen LogP contribution in [-0.4, -0.2) is 11.8 Å². The molecule has 0 saturated heterocycles. The smallest absolute Gasteiger partial charge is 0.249 e. The summed E-state index contributed by atoms with van der Waals surface area (Å²) in [6.07, 6.45) is 3.11. The molecule has 0 atom stereocenters. The van der Waals surface area contributed by atoms with Gasteiger partial charge < -0.3 is 11.5 Å². The Hall–Kier alpha value is -2.28. The minimum absolute atomic E-state index is 0.350. The average molecular weight is 286 g/mol. The molecule has 1 rings (SSSR count). The van der Waals surface area contributed by atoms with Gasteiger partial charge in [0.2, 0.25) is 11.8 Å². The first kappa shape index (κ1) is 16.8. The lowest BCUT2D eigenvalue weighted by atomic mass is 9.87. The third-order valence-electron chi connectivity index (χ3n) is 3.32. The summed E-state index contributed by atoms with van der Waals surface area (Å²) < 4.78 is 0. The summed E-state index contributed by atoms with van der Waals surface area (Å²) in [6.45, 7) is 5.77. The summed E-state index contributed by atoms with van der Waals surface area (Å²) in [4.78, 5) is 23.4. The van der Waals surface area contributed by atoms with Crippen molar-refractivity contribution < 1.29 is 9.59 Å². The predicted molar refractivity (Wildman–Crippen MR) is 84.0 cm³/mol. The Bertz CT molecular complexity index is 580. The fourth-order valence-corrected chi connectivity index (χ4v) is 2.50. The first-order chi connectivity index (χ1) is 9.97. The summed E-state index contributed by atoms with van der Waals surface area (Å²) in [7, 11) is 0. The zero-order chi connectivity index (χ0) is 16.0. The molecule has 4 heteroatoms. The molecule has 0 spiro atoms. The fourth-order valence-electron chi connectivity index (χ4n) is 2.50. The summed E-state index contributed by atoms with van der Waals surface area (Å²) in [6, 6.07) is 1.53. The minimum Gasteiger partial charge on any atom is -0.366 e. The van der Waals surface area contributed by atoms with Crippen LogP contribution in [0.3, 0.4) is 0 Å². The molecular formula is C17H22N2O2. The highest BCUT2D eigenvalue weighted by atomic mass is 16.1. The van der Waals surface area contributed by atoms with Crippen LogP contribution in [0.4, 0.5) is 0 Å². The molecule has 0 saturated carbocycles. The first-order valence-corrected chi connectivity index (χ1v) is 7.18. The molecule has 2 amide bonds. The number of benzene rings is 1. The van der Waals surface area contributed by atoms with Gasteiger partial charge >= 0.3 is 0 Å². The molecule has 4 N–H and O–H groups in total. The Labute approximate surface area is 125 Å². The number of primary amides is 2. The van der Waals surface area contributed by atoms with Gasteiger partial charge in [-0.1, -0.05) is 32.6 Å². The molecule has 0 aliphatic rings. The summed E-state index contributed by atoms with van der Waals surface area (Å²) in [5.74, 6) is 4.79. The van der Waals surface area contributed by atoms with Gasteiger partial charge in [-0.15, -0.1) is 5.92 Å². The zero-order valence-electron chi connectivity index (χ0n) is 12.9. The van der Waals surface area contributed by atoms with Crippen LogP contribution in [0.5, 0.6) is 0 Å². The van der Waals surface area contributed by atoms with E-state index < -0.39 is 11.8 Å². The topological polar surface area (TPSA) is 86.2 Å². The first-order valence-electron chi connectivity index (χ1n) is 7.18. The van der Waals surface area contributed by atoms with Crippen molar-refractivity contribution in [3.8, 4) is 11.8 Å². The monoisotopic (exact) mass is 286 g/mol. The second kappa shape index (κ2) is 7.49. The third kappa shape index (κ3) is 3.63. The summed E-state index contributed by atoms with van der Waals surface area (Å²) >= 11 is 0. The van der Waals surface area contributed by atoms with Gasteiger partial charge in [-0.05, 0) is 37.0 Å². The van der Waals surface area contributed by atoms with Crippen LogP contribution >= 0.6 is 0 Å². The highest BCUT2D eigenvalue weighted by Crippen LogP contribution is 2.26. The van der Waals surface area contributed by atoms with Gasteiger partial charge in [0.15, 0.2) is 0 Å². The zero-order valence-corrected chi connectivity index (χ0v) is 12.9. The number of nitrogens with two attached hydrogens (primary N) is 2. The lowest BCUT2D eigenvalue weighted by Gasteiger charge is -2.17. The lowest BCUT2D eigenvalue weighted by Crippen LogP contribution is -2.21. The van der Waals surface area contributed by atoms with E-state index in [1.807, 2.05) is 13.8 Å². The molecule has 1 aromatic rings. The van der Waals surface area contributed by atoms with Crippen molar-refractivity contribution in [3.63, 3.8) is 0 Å². The van der Waals surface area contributed by atoms with Crippen molar-refractivity contribution in [3.05, 3.63) is 33.9 Å². The van der Waals surface area contributed by atoms with Crippen LogP contribution in [0.2, 0.25) is 0 Å². The van der Waals surface area contributed by atoms with Gasteiger partial charge in [0.1, 0.15) is 0 Å². The highest BCUT2D eigenvalue weighted by molar-refractivity contribution is 6.01. The standard InChI is InChI=1S/C17H22N2O2/c1-4-7-11-12(8-5-2)14(16(18)20)10-15(17(19)21)13(11)9-6-3/h10H,5-6,8-9H2,1-3H3,(H2,18,20)(H2,19,21). The van der Waals surface area contributed by atoms with Crippen LogP contribution in [0, 0.1) is 11.8 Å². The Morgan fingerprint density at radius 1 is 1.00 bits per heavy atom. The Morgan fingerprint density at radius 2 is 1.43 bits per heavy atom. The molecule has 0 aliphatic carbocycles. The molecule has 1 aromatic carbocycles. The molecule has 0 aromatic heterocycles. The summed E-state index contributed by atoms with van der Waals surface area (Å²) in [5, 5.41) is 0. The van der Waals surface area contributed by atoms with Gasteiger partial charge in [0.25, 0.3) is 0 Å². The maximum atomic E-state index is 11.7. The molecule has 112 valence electrons. The Morgan fingerprint density at radius 3 is 1.71 bits per heavy atom. The fraction of sp³-hybridized carbons (Fsp3) is 0.412. The quantitative estimate of drug-likeness (QED) is 0.785. The van der Waals surface area contributed by atoms with E-state index in [4.69, 9.17) is 11.5 Å². The van der Waals surface area contributed by atoms with Crippen molar-refractivity contribution in [1.82, 2.24) is 0 Å². The molecule has 4 nitrogen and oxygen atoms in total. The van der Waals surface area contributed by atoms with E-state index in [1.54, 1.807) is 6.92 Å². The normalized spacial score (nSPS) is 9.86. The molecule has 0 aliphatic heterocycles. The molecular weight excluding hydrogens is 264 g/mol. The average Bonchev–Trinajstić information content (AvgIpc) is 2.42. The van der Waals surface area contributed by atoms with Crippen molar-refractivity contribution in [2.24, 2.45) is 11.5 Å². The molecule has 0 radical (unpaired) electrons. The second-order valence-corrected chi connectivity index (χ2v) is 4.91. The Balaban J connectivity index is 3.81. The lowest BCUT2D eigenvalue weighted by molar-refractivity contribution is 0.0998. The SMILES string of the molecule is CC#Cc1c(CCC)c(C(N)=O)cc(C(N)=O)c1CCC. The molecule has 0 heterocycles. The number of hydrogen-bond acceptors (Lipinski definition) is 2. The minimum atomic E-state index is -0.553. The van der Waals surface area contributed by atoms with E-state index in [0.29, 0.717) is 24.0 Å². The molecule has 21 heavy (non-hydrogen) atoms. The van der Waals surface area contributed by atoms with E-state index >= 15 is 0 Å². The van der Waals surface area contributed by atoms with Crippen LogP contribution in [0.1, 0.15) is 71.0 Å². The summed E-state index contributed by atoms with van der Waals surface area (Å²) in [5.41, 5.74) is 14.0. The number of rotatable bonds is 6. The van der Waals surface area contributed by atoms with E-state index in [9.17, 15) is 9.59 Å². The van der Waals surface area contributed by atoms with Crippen molar-refractivity contribution in [1.29, 1.82) is 0 Å². The van der Waals surface area contributed by atoms with Crippen molar-refractivity contribution in [2.75, 3.05) is 0 Å². The largest absolute Gasteiger partial charge is 0.366 e. The van der Waals surface area contributed by atoms with Crippen LogP contribution in [-0.2, 0) is 12.8 Å². The van der Waals surface area contributed by atoms with Gasteiger partial charge in [0.05, 0.1) is 0 Å². The van der Waals surface area contributed by atoms with Crippen molar-refractivity contribution >= 4 is 11.8 Å². The van der Waals surface area contributed by atoms with Gasteiger partial charge in [-0.25, -0.2) is 0 Å². The number of carbonyl (C=O) groups is 2. The third-order valence-corrected chi connectivity index (χ3v) is 3.32.